The Morgan fingerprint density at radius 3 is 2.79 bits per heavy atom. The van der Waals surface area contributed by atoms with Crippen LogP contribution in [-0.2, 0) is 11.3 Å². The van der Waals surface area contributed by atoms with E-state index in [2.05, 4.69) is 34.5 Å². The molecular formula is C20H23ClN2O. The number of hydrogen-bond donors (Lipinski definition) is 1. The van der Waals surface area contributed by atoms with Crippen molar-refractivity contribution in [2.24, 2.45) is 5.92 Å². The highest BCUT2D eigenvalue weighted by molar-refractivity contribution is 6.30. The molecule has 1 atom stereocenters. The van der Waals surface area contributed by atoms with Gasteiger partial charge in [-0.25, -0.2) is 0 Å². The van der Waals surface area contributed by atoms with Gasteiger partial charge in [-0.1, -0.05) is 41.9 Å². The fourth-order valence-electron chi connectivity index (χ4n) is 3.26. The lowest BCUT2D eigenvalue weighted by Gasteiger charge is -2.32. The van der Waals surface area contributed by atoms with Crippen LogP contribution in [0.15, 0.2) is 48.5 Å². The summed E-state index contributed by atoms with van der Waals surface area (Å²) in [5.41, 5.74) is 3.14. The standard InChI is InChI=1S/C20H23ClN2O/c1-15-12-18(21)9-10-19(15)22-20(24)17-8-5-11-23(14-17)13-16-6-3-2-4-7-16/h2-4,6-7,9-10,12,17H,5,8,11,13-14H2,1H3,(H,22,24). The fraction of sp³-hybridized carbons (Fsp3) is 0.350. The van der Waals surface area contributed by atoms with Gasteiger partial charge in [0.1, 0.15) is 0 Å². The summed E-state index contributed by atoms with van der Waals surface area (Å²) in [6.45, 7) is 4.74. The van der Waals surface area contributed by atoms with Gasteiger partial charge in [0.25, 0.3) is 0 Å². The predicted octanol–water partition coefficient (Wildman–Crippen LogP) is 4.50. The van der Waals surface area contributed by atoms with Crippen LogP contribution < -0.4 is 5.32 Å². The monoisotopic (exact) mass is 342 g/mol. The second-order valence-corrected chi connectivity index (χ2v) is 6.94. The van der Waals surface area contributed by atoms with Crippen molar-refractivity contribution < 1.29 is 4.79 Å². The Labute approximate surface area is 148 Å². The molecule has 1 amide bonds. The van der Waals surface area contributed by atoms with Crippen molar-refractivity contribution in [3.63, 3.8) is 0 Å². The van der Waals surface area contributed by atoms with Gasteiger partial charge < -0.3 is 5.32 Å². The number of anilines is 1. The molecule has 0 aliphatic carbocycles. The Hall–Kier alpha value is -1.84. The van der Waals surface area contributed by atoms with Crippen LogP contribution >= 0.6 is 11.6 Å². The Morgan fingerprint density at radius 1 is 1.25 bits per heavy atom. The van der Waals surface area contributed by atoms with Crippen molar-refractivity contribution in [3.05, 3.63) is 64.7 Å². The summed E-state index contributed by atoms with van der Waals surface area (Å²) in [5.74, 6) is 0.149. The number of aryl methyl sites for hydroxylation is 1. The number of nitrogens with zero attached hydrogens (tertiary/aromatic N) is 1. The third-order valence-corrected chi connectivity index (χ3v) is 4.81. The lowest BCUT2D eigenvalue weighted by molar-refractivity contribution is -0.121. The van der Waals surface area contributed by atoms with Crippen LogP contribution in [0.5, 0.6) is 0 Å². The topological polar surface area (TPSA) is 32.3 Å². The highest BCUT2D eigenvalue weighted by Crippen LogP contribution is 2.23. The molecule has 3 nitrogen and oxygen atoms in total. The van der Waals surface area contributed by atoms with Crippen LogP contribution in [0, 0.1) is 12.8 Å². The first-order chi connectivity index (χ1) is 11.6. The molecular weight excluding hydrogens is 320 g/mol. The average molecular weight is 343 g/mol. The van der Waals surface area contributed by atoms with E-state index in [1.54, 1.807) is 0 Å². The van der Waals surface area contributed by atoms with E-state index in [4.69, 9.17) is 11.6 Å². The van der Waals surface area contributed by atoms with Gasteiger partial charge in [-0.05, 0) is 55.6 Å². The van der Waals surface area contributed by atoms with Crippen LogP contribution in [0.25, 0.3) is 0 Å². The van der Waals surface area contributed by atoms with Gasteiger partial charge in [0, 0.05) is 23.8 Å². The Kier molecular flexibility index (Phi) is 5.54. The zero-order valence-corrected chi connectivity index (χ0v) is 14.7. The van der Waals surface area contributed by atoms with Crippen molar-refractivity contribution in [2.75, 3.05) is 18.4 Å². The van der Waals surface area contributed by atoms with Crippen LogP contribution in [-0.4, -0.2) is 23.9 Å². The van der Waals surface area contributed by atoms with E-state index in [0.29, 0.717) is 5.02 Å². The molecule has 1 saturated heterocycles. The van der Waals surface area contributed by atoms with Gasteiger partial charge in [-0.15, -0.1) is 0 Å². The zero-order chi connectivity index (χ0) is 16.9. The number of piperidine rings is 1. The van der Waals surface area contributed by atoms with E-state index in [-0.39, 0.29) is 11.8 Å². The maximum atomic E-state index is 12.6. The number of benzene rings is 2. The lowest BCUT2D eigenvalue weighted by atomic mass is 9.96. The second kappa shape index (κ2) is 7.82. The number of carbonyl (C=O) groups excluding carboxylic acids is 1. The third-order valence-electron chi connectivity index (χ3n) is 4.57. The Bertz CT molecular complexity index is 702. The fourth-order valence-corrected chi connectivity index (χ4v) is 3.48. The summed E-state index contributed by atoms with van der Waals surface area (Å²) in [4.78, 5) is 15.0. The summed E-state index contributed by atoms with van der Waals surface area (Å²) >= 11 is 5.98. The highest BCUT2D eigenvalue weighted by atomic mass is 35.5. The highest BCUT2D eigenvalue weighted by Gasteiger charge is 2.26. The molecule has 1 unspecified atom stereocenters. The molecule has 1 aliphatic rings. The third kappa shape index (κ3) is 4.37. The van der Waals surface area contributed by atoms with E-state index in [1.807, 2.05) is 31.2 Å². The van der Waals surface area contributed by atoms with E-state index < -0.39 is 0 Å². The number of carbonyl (C=O) groups is 1. The largest absolute Gasteiger partial charge is 0.326 e. The van der Waals surface area contributed by atoms with E-state index >= 15 is 0 Å². The van der Waals surface area contributed by atoms with Gasteiger partial charge in [0.05, 0.1) is 5.92 Å². The molecule has 0 saturated carbocycles. The van der Waals surface area contributed by atoms with Crippen LogP contribution in [0.2, 0.25) is 5.02 Å². The molecule has 1 N–H and O–H groups in total. The molecule has 1 aliphatic heterocycles. The molecule has 126 valence electrons. The van der Waals surface area contributed by atoms with E-state index in [1.165, 1.54) is 5.56 Å². The quantitative estimate of drug-likeness (QED) is 0.887. The van der Waals surface area contributed by atoms with Gasteiger partial charge in [0.15, 0.2) is 0 Å². The summed E-state index contributed by atoms with van der Waals surface area (Å²) in [7, 11) is 0. The zero-order valence-electron chi connectivity index (χ0n) is 14.0. The van der Waals surface area contributed by atoms with Gasteiger partial charge in [-0.2, -0.15) is 0 Å². The number of amides is 1. The predicted molar refractivity (Wildman–Crippen MR) is 99.3 cm³/mol. The number of rotatable bonds is 4. The van der Waals surface area contributed by atoms with E-state index in [0.717, 1.165) is 43.7 Å². The summed E-state index contributed by atoms with van der Waals surface area (Å²) < 4.78 is 0. The molecule has 24 heavy (non-hydrogen) atoms. The van der Waals surface area contributed by atoms with Crippen molar-refractivity contribution in [2.45, 2.75) is 26.3 Å². The second-order valence-electron chi connectivity index (χ2n) is 6.51. The molecule has 1 heterocycles. The molecule has 0 radical (unpaired) electrons. The summed E-state index contributed by atoms with van der Waals surface area (Å²) in [5, 5.41) is 3.76. The van der Waals surface area contributed by atoms with Gasteiger partial charge >= 0.3 is 0 Å². The number of hydrogen-bond acceptors (Lipinski definition) is 2. The molecule has 0 bridgehead atoms. The first-order valence-electron chi connectivity index (χ1n) is 8.45. The maximum Gasteiger partial charge on any atom is 0.228 e. The Balaban J connectivity index is 1.60. The van der Waals surface area contributed by atoms with Crippen LogP contribution in [0.3, 0.4) is 0 Å². The average Bonchev–Trinajstić information content (AvgIpc) is 2.58. The first kappa shape index (κ1) is 17.0. The molecule has 3 rings (SSSR count). The van der Waals surface area contributed by atoms with Crippen LogP contribution in [0.1, 0.15) is 24.0 Å². The van der Waals surface area contributed by atoms with E-state index in [9.17, 15) is 4.79 Å². The van der Waals surface area contributed by atoms with Crippen LogP contribution in [0.4, 0.5) is 5.69 Å². The van der Waals surface area contributed by atoms with Crippen molar-refractivity contribution in [3.8, 4) is 0 Å². The minimum Gasteiger partial charge on any atom is -0.326 e. The first-order valence-corrected chi connectivity index (χ1v) is 8.83. The molecule has 4 heteroatoms. The maximum absolute atomic E-state index is 12.6. The molecule has 0 aromatic heterocycles. The minimum absolute atomic E-state index is 0.0394. The normalized spacial score (nSPS) is 18.3. The number of nitrogens with one attached hydrogen (secondary N) is 1. The van der Waals surface area contributed by atoms with Crippen molar-refractivity contribution in [1.82, 2.24) is 4.90 Å². The number of halogens is 1. The SMILES string of the molecule is Cc1cc(Cl)ccc1NC(=O)C1CCCN(Cc2ccccc2)C1. The van der Waals surface area contributed by atoms with Crippen molar-refractivity contribution in [1.29, 1.82) is 0 Å². The summed E-state index contributed by atoms with van der Waals surface area (Å²) in [6.07, 6.45) is 2.01. The van der Waals surface area contributed by atoms with Gasteiger partial charge in [0.2, 0.25) is 5.91 Å². The number of likely N-dealkylation sites (tertiary alicyclic amines) is 1. The molecule has 2 aromatic rings. The smallest absolute Gasteiger partial charge is 0.228 e. The molecule has 2 aromatic carbocycles. The molecule has 1 fully saturated rings. The Morgan fingerprint density at radius 2 is 2.04 bits per heavy atom. The summed E-state index contributed by atoms with van der Waals surface area (Å²) in [6, 6.07) is 16.0. The van der Waals surface area contributed by atoms with Crippen molar-refractivity contribution >= 4 is 23.2 Å². The lowest BCUT2D eigenvalue weighted by Crippen LogP contribution is -2.40. The molecule has 0 spiro atoms. The minimum atomic E-state index is 0.0394. The van der Waals surface area contributed by atoms with Gasteiger partial charge in [-0.3, -0.25) is 9.69 Å².